The number of nitrogens with zero attached hydrogens (tertiary/aromatic N) is 1. The van der Waals surface area contributed by atoms with Gasteiger partial charge in [0, 0.05) is 26.2 Å². The predicted molar refractivity (Wildman–Crippen MR) is 61.2 cm³/mol. The van der Waals surface area contributed by atoms with Gasteiger partial charge in [0.1, 0.15) is 0 Å². The summed E-state index contributed by atoms with van der Waals surface area (Å²) in [6.45, 7) is 1.85. The Morgan fingerprint density at radius 3 is 2.18 bits per heavy atom. The minimum absolute atomic E-state index is 0.297. The van der Waals surface area contributed by atoms with Crippen LogP contribution in [0.25, 0.3) is 0 Å². The number of hydrogen-bond donors (Lipinski definition) is 2. The third kappa shape index (κ3) is 11.9. The summed E-state index contributed by atoms with van der Waals surface area (Å²) < 4.78 is 42.0. The summed E-state index contributed by atoms with van der Waals surface area (Å²) in [5, 5.41) is 5.73. The molecular formula is C10H22F3N3O. The van der Waals surface area contributed by atoms with Crippen LogP contribution in [0.5, 0.6) is 0 Å². The molecule has 0 bridgehead atoms. The third-order valence-corrected chi connectivity index (χ3v) is 2.13. The van der Waals surface area contributed by atoms with E-state index in [-0.39, 0.29) is 0 Å². The Balaban J connectivity index is 3.77. The fourth-order valence-electron chi connectivity index (χ4n) is 1.26. The van der Waals surface area contributed by atoms with E-state index >= 15 is 0 Å². The molecule has 17 heavy (non-hydrogen) atoms. The van der Waals surface area contributed by atoms with Gasteiger partial charge in [0.15, 0.2) is 0 Å². The summed E-state index contributed by atoms with van der Waals surface area (Å²) in [6.07, 6.45) is -4.15. The molecular weight excluding hydrogens is 235 g/mol. The number of nitrogens with one attached hydrogen (secondary N) is 2. The number of alkyl halides is 3. The zero-order valence-corrected chi connectivity index (χ0v) is 10.4. The second kappa shape index (κ2) is 9.64. The maximum absolute atomic E-state index is 12.3. The van der Waals surface area contributed by atoms with Crippen LogP contribution in [0.1, 0.15) is 0 Å². The Morgan fingerprint density at radius 2 is 1.65 bits per heavy atom. The molecule has 0 unspecified atom stereocenters. The van der Waals surface area contributed by atoms with Crippen LogP contribution in [-0.4, -0.2) is 71.1 Å². The zero-order valence-electron chi connectivity index (χ0n) is 10.4. The van der Waals surface area contributed by atoms with Crippen molar-refractivity contribution in [3.8, 4) is 0 Å². The molecule has 0 atom stereocenters. The van der Waals surface area contributed by atoms with Gasteiger partial charge in [-0.2, -0.15) is 13.2 Å². The van der Waals surface area contributed by atoms with E-state index in [2.05, 4.69) is 10.6 Å². The molecule has 0 heterocycles. The fourth-order valence-corrected chi connectivity index (χ4v) is 1.26. The van der Waals surface area contributed by atoms with Gasteiger partial charge in [-0.25, -0.2) is 0 Å². The van der Waals surface area contributed by atoms with E-state index in [4.69, 9.17) is 4.74 Å². The molecule has 0 spiro atoms. The van der Waals surface area contributed by atoms with Crippen LogP contribution in [0.4, 0.5) is 13.2 Å². The van der Waals surface area contributed by atoms with Crippen LogP contribution >= 0.6 is 0 Å². The monoisotopic (exact) mass is 257 g/mol. The van der Waals surface area contributed by atoms with Gasteiger partial charge in [0.2, 0.25) is 0 Å². The van der Waals surface area contributed by atoms with Crippen LogP contribution in [0.3, 0.4) is 0 Å². The molecule has 0 amide bonds. The third-order valence-electron chi connectivity index (χ3n) is 2.13. The quantitative estimate of drug-likeness (QED) is 0.552. The van der Waals surface area contributed by atoms with E-state index < -0.39 is 12.7 Å². The molecule has 0 aliphatic heterocycles. The molecule has 0 saturated carbocycles. The predicted octanol–water partition coefficient (Wildman–Crippen LogP) is 0.306. The van der Waals surface area contributed by atoms with E-state index in [1.54, 1.807) is 14.1 Å². The first-order valence-corrected chi connectivity index (χ1v) is 5.65. The molecule has 0 aromatic carbocycles. The van der Waals surface area contributed by atoms with Crippen molar-refractivity contribution < 1.29 is 17.9 Å². The standard InChI is InChI=1S/C10H22F3N3O/c1-14-3-5-16(9-10(11,12)13)6-8-17-7-4-15-2/h14-15H,3-9H2,1-2H3. The normalized spacial score (nSPS) is 12.4. The van der Waals surface area contributed by atoms with Crippen molar-refractivity contribution in [2.24, 2.45) is 0 Å². The Kier molecular flexibility index (Phi) is 9.43. The zero-order chi connectivity index (χ0) is 13.1. The van der Waals surface area contributed by atoms with Gasteiger partial charge in [0.25, 0.3) is 0 Å². The smallest absolute Gasteiger partial charge is 0.379 e. The van der Waals surface area contributed by atoms with Gasteiger partial charge >= 0.3 is 6.18 Å². The molecule has 0 aliphatic carbocycles. The summed E-state index contributed by atoms with van der Waals surface area (Å²) in [5.74, 6) is 0. The lowest BCUT2D eigenvalue weighted by Gasteiger charge is -2.23. The summed E-state index contributed by atoms with van der Waals surface area (Å²) in [6, 6.07) is 0. The van der Waals surface area contributed by atoms with Crippen molar-refractivity contribution in [2.45, 2.75) is 6.18 Å². The Bertz CT molecular complexity index is 179. The van der Waals surface area contributed by atoms with E-state index in [1.165, 1.54) is 4.90 Å². The van der Waals surface area contributed by atoms with Crippen LogP contribution in [0, 0.1) is 0 Å². The highest BCUT2D eigenvalue weighted by atomic mass is 19.4. The molecule has 0 aromatic heterocycles. The van der Waals surface area contributed by atoms with Crippen LogP contribution in [0.15, 0.2) is 0 Å². The SMILES string of the molecule is CNCCOCCN(CCNC)CC(F)(F)F. The number of hydrogen-bond acceptors (Lipinski definition) is 4. The second-order valence-corrected chi connectivity index (χ2v) is 3.71. The average Bonchev–Trinajstić information content (AvgIpc) is 2.23. The van der Waals surface area contributed by atoms with Gasteiger partial charge in [0.05, 0.1) is 19.8 Å². The molecule has 104 valence electrons. The maximum atomic E-state index is 12.3. The van der Waals surface area contributed by atoms with E-state index in [9.17, 15) is 13.2 Å². The number of halogens is 3. The lowest BCUT2D eigenvalue weighted by atomic mass is 10.4. The van der Waals surface area contributed by atoms with Gasteiger partial charge < -0.3 is 15.4 Å². The molecule has 0 radical (unpaired) electrons. The van der Waals surface area contributed by atoms with Crippen LogP contribution in [0.2, 0.25) is 0 Å². The van der Waals surface area contributed by atoms with Crippen molar-refractivity contribution in [1.82, 2.24) is 15.5 Å². The van der Waals surface area contributed by atoms with E-state index in [0.717, 1.165) is 0 Å². The molecule has 0 fully saturated rings. The first kappa shape index (κ1) is 16.6. The molecule has 7 heteroatoms. The summed E-state index contributed by atoms with van der Waals surface area (Å²) >= 11 is 0. The summed E-state index contributed by atoms with van der Waals surface area (Å²) in [4.78, 5) is 1.34. The number of likely N-dealkylation sites (N-methyl/N-ethyl adjacent to an activating group) is 2. The van der Waals surface area contributed by atoms with Crippen molar-refractivity contribution in [2.75, 3.05) is 60.0 Å². The molecule has 0 aliphatic rings. The number of ether oxygens (including phenoxy) is 1. The largest absolute Gasteiger partial charge is 0.401 e. The van der Waals surface area contributed by atoms with Crippen molar-refractivity contribution in [3.05, 3.63) is 0 Å². The minimum atomic E-state index is -4.15. The lowest BCUT2D eigenvalue weighted by molar-refractivity contribution is -0.147. The fraction of sp³-hybridized carbons (Fsp3) is 1.00. The van der Waals surface area contributed by atoms with Crippen molar-refractivity contribution >= 4 is 0 Å². The topological polar surface area (TPSA) is 36.5 Å². The Labute approximate surface area is 100 Å². The highest BCUT2D eigenvalue weighted by molar-refractivity contribution is 4.64. The van der Waals surface area contributed by atoms with Crippen molar-refractivity contribution in [3.63, 3.8) is 0 Å². The summed E-state index contributed by atoms with van der Waals surface area (Å²) in [5.41, 5.74) is 0. The summed E-state index contributed by atoms with van der Waals surface area (Å²) in [7, 11) is 3.52. The maximum Gasteiger partial charge on any atom is 0.401 e. The minimum Gasteiger partial charge on any atom is -0.379 e. The lowest BCUT2D eigenvalue weighted by Crippen LogP contribution is -2.40. The van der Waals surface area contributed by atoms with Crippen molar-refractivity contribution in [1.29, 1.82) is 0 Å². The van der Waals surface area contributed by atoms with E-state index in [0.29, 0.717) is 39.4 Å². The molecule has 0 aromatic rings. The first-order valence-electron chi connectivity index (χ1n) is 5.65. The molecule has 2 N–H and O–H groups in total. The number of rotatable bonds is 10. The van der Waals surface area contributed by atoms with Gasteiger partial charge in [-0.15, -0.1) is 0 Å². The average molecular weight is 257 g/mol. The molecule has 4 nitrogen and oxygen atoms in total. The van der Waals surface area contributed by atoms with Crippen LogP contribution in [-0.2, 0) is 4.74 Å². The van der Waals surface area contributed by atoms with Gasteiger partial charge in [-0.1, -0.05) is 0 Å². The Hall–Kier alpha value is -0.370. The van der Waals surface area contributed by atoms with Gasteiger partial charge in [-0.3, -0.25) is 4.90 Å². The van der Waals surface area contributed by atoms with Gasteiger partial charge in [-0.05, 0) is 14.1 Å². The highest BCUT2D eigenvalue weighted by Crippen LogP contribution is 2.15. The second-order valence-electron chi connectivity index (χ2n) is 3.71. The highest BCUT2D eigenvalue weighted by Gasteiger charge is 2.30. The Morgan fingerprint density at radius 1 is 1.00 bits per heavy atom. The molecule has 0 saturated heterocycles. The van der Waals surface area contributed by atoms with E-state index in [1.807, 2.05) is 0 Å². The molecule has 0 rings (SSSR count). The first-order chi connectivity index (χ1) is 7.99. The van der Waals surface area contributed by atoms with Crippen LogP contribution < -0.4 is 10.6 Å².